The summed E-state index contributed by atoms with van der Waals surface area (Å²) >= 11 is 0. The lowest BCUT2D eigenvalue weighted by Gasteiger charge is -2.34. The third-order valence-corrected chi connectivity index (χ3v) is 5.78. The first-order chi connectivity index (χ1) is 15.9. The van der Waals surface area contributed by atoms with E-state index in [1.165, 1.54) is 4.90 Å². The number of anilines is 2. The number of nitrogens with one attached hydrogen (secondary N) is 2. The Morgan fingerprint density at radius 2 is 2.03 bits per heavy atom. The monoisotopic (exact) mass is 479 g/mol. The van der Waals surface area contributed by atoms with Gasteiger partial charge in [0.05, 0.1) is 35.8 Å². The Hall–Kier alpha value is -3.15. The zero-order valence-electron chi connectivity index (χ0n) is 19.2. The summed E-state index contributed by atoms with van der Waals surface area (Å²) in [6.45, 7) is 4.28. The van der Waals surface area contributed by atoms with Gasteiger partial charge in [-0.25, -0.2) is 14.8 Å². The van der Waals surface area contributed by atoms with Crippen LogP contribution in [0.1, 0.15) is 44.4 Å². The van der Waals surface area contributed by atoms with Crippen LogP contribution in [0.4, 0.5) is 29.6 Å². The molecule has 2 aliphatic heterocycles. The number of nitrogens with zero attached hydrogens (tertiary/aromatic N) is 5. The SMILES string of the molecule is Cc1cnc(Nc2cnn(CC(C)(C)O)c2)nc1C1=C[C@@H]2CC[C@H](C1)N2C(=O)NCC(F)(F)F. The standard InChI is InChI=1S/C22H28F3N7O2/c1-13-8-26-19(29-15-9-28-31(10-15)12-21(2,3)34)30-18(13)14-6-16-4-5-17(7-14)32(16)20(33)27-11-22(23,24)25/h6,8-10,16-17,34H,4-5,7,11-12H2,1-3H3,(H,27,33)(H,26,29,30)/t16-,17+/m0/s1. The predicted molar refractivity (Wildman–Crippen MR) is 119 cm³/mol. The highest BCUT2D eigenvalue weighted by Crippen LogP contribution is 2.39. The molecule has 3 N–H and O–H groups in total. The van der Waals surface area contributed by atoms with Crippen LogP contribution in [-0.2, 0) is 6.54 Å². The molecule has 9 nitrogen and oxygen atoms in total. The fraction of sp³-hybridized carbons (Fsp3) is 0.545. The minimum atomic E-state index is -4.45. The summed E-state index contributed by atoms with van der Waals surface area (Å²) in [6, 6.07) is -1.14. The van der Waals surface area contributed by atoms with E-state index >= 15 is 0 Å². The Kier molecular flexibility index (Phi) is 6.28. The molecule has 4 rings (SSSR count). The fourth-order valence-electron chi connectivity index (χ4n) is 4.46. The van der Waals surface area contributed by atoms with E-state index in [0.29, 0.717) is 31.0 Å². The molecule has 2 amide bonds. The average Bonchev–Trinajstić information content (AvgIpc) is 3.26. The summed E-state index contributed by atoms with van der Waals surface area (Å²) in [7, 11) is 0. The van der Waals surface area contributed by atoms with E-state index in [1.54, 1.807) is 37.1 Å². The van der Waals surface area contributed by atoms with Crippen LogP contribution >= 0.6 is 0 Å². The van der Waals surface area contributed by atoms with Crippen molar-refractivity contribution in [2.75, 3.05) is 11.9 Å². The van der Waals surface area contributed by atoms with E-state index in [9.17, 15) is 23.1 Å². The van der Waals surface area contributed by atoms with Crippen molar-refractivity contribution in [1.82, 2.24) is 30.0 Å². The number of halogens is 3. The summed E-state index contributed by atoms with van der Waals surface area (Å²) in [5.41, 5.74) is 2.33. The van der Waals surface area contributed by atoms with Gasteiger partial charge in [0.2, 0.25) is 5.95 Å². The smallest absolute Gasteiger partial charge is 0.389 e. The maximum atomic E-state index is 12.5. The second-order valence-electron chi connectivity index (χ2n) is 9.46. The first-order valence-corrected chi connectivity index (χ1v) is 11.1. The predicted octanol–water partition coefficient (Wildman–Crippen LogP) is 3.39. The second-order valence-corrected chi connectivity index (χ2v) is 9.46. The molecule has 184 valence electrons. The molecular formula is C22H28F3N7O2. The Morgan fingerprint density at radius 1 is 1.26 bits per heavy atom. The van der Waals surface area contributed by atoms with Gasteiger partial charge < -0.3 is 20.6 Å². The summed E-state index contributed by atoms with van der Waals surface area (Å²) in [4.78, 5) is 22.9. The van der Waals surface area contributed by atoms with Crippen molar-refractivity contribution in [2.45, 2.75) is 70.4 Å². The molecule has 0 saturated carbocycles. The van der Waals surface area contributed by atoms with Crippen molar-refractivity contribution in [3.05, 3.63) is 35.9 Å². The lowest BCUT2D eigenvalue weighted by Crippen LogP contribution is -2.50. The van der Waals surface area contributed by atoms with Gasteiger partial charge in [0, 0.05) is 18.4 Å². The van der Waals surface area contributed by atoms with Gasteiger partial charge in [-0.1, -0.05) is 6.08 Å². The van der Waals surface area contributed by atoms with Crippen molar-refractivity contribution >= 4 is 23.2 Å². The molecule has 2 aromatic heterocycles. The minimum Gasteiger partial charge on any atom is -0.389 e. The van der Waals surface area contributed by atoms with Gasteiger partial charge in [-0.05, 0) is 51.2 Å². The molecule has 0 spiro atoms. The maximum Gasteiger partial charge on any atom is 0.405 e. The van der Waals surface area contributed by atoms with Crippen molar-refractivity contribution in [2.24, 2.45) is 0 Å². The molecule has 2 aliphatic rings. The van der Waals surface area contributed by atoms with Crippen LogP contribution in [0.2, 0.25) is 0 Å². The number of fused-ring (bicyclic) bond motifs is 2. The van der Waals surface area contributed by atoms with Crippen LogP contribution < -0.4 is 10.6 Å². The quantitative estimate of drug-likeness (QED) is 0.586. The number of rotatable bonds is 6. The molecule has 0 aliphatic carbocycles. The van der Waals surface area contributed by atoms with Crippen LogP contribution in [0.15, 0.2) is 24.7 Å². The van der Waals surface area contributed by atoms with E-state index in [2.05, 4.69) is 20.4 Å². The van der Waals surface area contributed by atoms with Crippen LogP contribution in [0.25, 0.3) is 5.57 Å². The number of amides is 2. The Balaban J connectivity index is 1.49. The van der Waals surface area contributed by atoms with Crippen molar-refractivity contribution in [1.29, 1.82) is 0 Å². The molecule has 34 heavy (non-hydrogen) atoms. The Labute approximate surface area is 195 Å². The summed E-state index contributed by atoms with van der Waals surface area (Å²) in [5, 5.41) is 19.3. The number of urea groups is 1. The lowest BCUT2D eigenvalue weighted by atomic mass is 9.96. The number of aliphatic hydroxyl groups is 1. The lowest BCUT2D eigenvalue weighted by molar-refractivity contribution is -0.123. The molecule has 2 bridgehead atoms. The Morgan fingerprint density at radius 3 is 2.71 bits per heavy atom. The average molecular weight is 480 g/mol. The van der Waals surface area contributed by atoms with E-state index in [1.807, 2.05) is 18.3 Å². The Bertz CT molecular complexity index is 1090. The number of hydrogen-bond donors (Lipinski definition) is 3. The number of carbonyl (C=O) groups is 1. The highest BCUT2D eigenvalue weighted by atomic mass is 19.4. The van der Waals surface area contributed by atoms with Gasteiger partial charge in [0.1, 0.15) is 6.54 Å². The molecule has 4 heterocycles. The van der Waals surface area contributed by atoms with Gasteiger partial charge in [0.15, 0.2) is 0 Å². The van der Waals surface area contributed by atoms with Crippen LogP contribution in [0.5, 0.6) is 0 Å². The van der Waals surface area contributed by atoms with Gasteiger partial charge >= 0.3 is 12.2 Å². The van der Waals surface area contributed by atoms with Crippen molar-refractivity contribution in [3.63, 3.8) is 0 Å². The van der Waals surface area contributed by atoms with Gasteiger partial charge in [-0.15, -0.1) is 0 Å². The molecule has 2 aromatic rings. The van der Waals surface area contributed by atoms with E-state index in [4.69, 9.17) is 0 Å². The zero-order chi connectivity index (χ0) is 24.7. The van der Waals surface area contributed by atoms with E-state index < -0.39 is 24.4 Å². The molecular weight excluding hydrogens is 451 g/mol. The maximum absolute atomic E-state index is 12.5. The second kappa shape index (κ2) is 8.90. The summed E-state index contributed by atoms with van der Waals surface area (Å²) < 4.78 is 39.1. The minimum absolute atomic E-state index is 0.177. The number of alkyl halides is 3. The van der Waals surface area contributed by atoms with Gasteiger partial charge in [-0.3, -0.25) is 4.68 Å². The van der Waals surface area contributed by atoms with Crippen LogP contribution in [0, 0.1) is 6.92 Å². The number of carbonyl (C=O) groups excluding carboxylic acids is 1. The number of aryl methyl sites for hydroxylation is 1. The van der Waals surface area contributed by atoms with Crippen molar-refractivity contribution in [3.8, 4) is 0 Å². The van der Waals surface area contributed by atoms with Crippen LogP contribution in [-0.4, -0.2) is 66.2 Å². The molecule has 1 saturated heterocycles. The summed E-state index contributed by atoms with van der Waals surface area (Å²) in [5.74, 6) is 0.377. The molecule has 0 radical (unpaired) electrons. The van der Waals surface area contributed by atoms with Crippen LogP contribution in [0.3, 0.4) is 0 Å². The number of hydrogen-bond acceptors (Lipinski definition) is 6. The molecule has 2 atom stereocenters. The third kappa shape index (κ3) is 5.66. The number of aromatic nitrogens is 4. The van der Waals surface area contributed by atoms with Gasteiger partial charge in [0.25, 0.3) is 0 Å². The van der Waals surface area contributed by atoms with Gasteiger partial charge in [-0.2, -0.15) is 18.3 Å². The normalized spacial score (nSPS) is 20.3. The molecule has 1 fully saturated rings. The van der Waals surface area contributed by atoms with E-state index in [0.717, 1.165) is 23.3 Å². The largest absolute Gasteiger partial charge is 0.405 e. The molecule has 0 aromatic carbocycles. The highest BCUT2D eigenvalue weighted by Gasteiger charge is 2.41. The molecule has 12 heteroatoms. The zero-order valence-corrected chi connectivity index (χ0v) is 19.2. The fourth-order valence-corrected chi connectivity index (χ4v) is 4.46. The first kappa shape index (κ1) is 24.0. The topological polar surface area (TPSA) is 108 Å². The third-order valence-electron chi connectivity index (χ3n) is 5.78. The van der Waals surface area contributed by atoms with Crippen molar-refractivity contribution < 1.29 is 23.1 Å². The highest BCUT2D eigenvalue weighted by molar-refractivity contribution is 5.79. The molecule has 0 unspecified atom stereocenters. The summed E-state index contributed by atoms with van der Waals surface area (Å²) in [6.07, 6.45) is 4.48. The van der Waals surface area contributed by atoms with E-state index in [-0.39, 0.29) is 12.1 Å². The first-order valence-electron chi connectivity index (χ1n) is 11.1.